The van der Waals surface area contributed by atoms with Crippen LogP contribution in [0, 0.1) is 0 Å². The molecule has 0 fully saturated rings. The lowest BCUT2D eigenvalue weighted by Gasteiger charge is -2.03. The third-order valence-corrected chi connectivity index (χ3v) is 3.21. The normalized spacial score (nSPS) is 12.4. The standard InChI is InChI=1S/C17H16N2O4/c1-2-21-14-6-3-12(4-7-14)10-18-19-17(20)13-5-8-15-16(9-13)23-11-22-15/h3-10H,2,11H2,1H3,(H,19,20)/b18-10-. The topological polar surface area (TPSA) is 69.2 Å². The molecule has 0 unspecified atom stereocenters. The molecule has 2 aromatic carbocycles. The van der Waals surface area contributed by atoms with Gasteiger partial charge in [0.2, 0.25) is 6.79 Å². The molecule has 3 rings (SSSR count). The van der Waals surface area contributed by atoms with E-state index in [2.05, 4.69) is 10.5 Å². The molecule has 1 aliphatic heterocycles. The van der Waals surface area contributed by atoms with Crippen LogP contribution in [0.4, 0.5) is 0 Å². The van der Waals surface area contributed by atoms with Crippen molar-refractivity contribution >= 4 is 12.1 Å². The van der Waals surface area contributed by atoms with Gasteiger partial charge in [0.15, 0.2) is 11.5 Å². The van der Waals surface area contributed by atoms with Crippen molar-refractivity contribution in [2.75, 3.05) is 13.4 Å². The molecule has 1 N–H and O–H groups in total. The van der Waals surface area contributed by atoms with Crippen molar-refractivity contribution in [2.45, 2.75) is 6.92 Å². The molecule has 6 nitrogen and oxygen atoms in total. The number of rotatable bonds is 5. The Hall–Kier alpha value is -3.02. The maximum absolute atomic E-state index is 12.0. The summed E-state index contributed by atoms with van der Waals surface area (Å²) in [6.07, 6.45) is 1.57. The van der Waals surface area contributed by atoms with Crippen LogP contribution in [0.15, 0.2) is 47.6 Å². The van der Waals surface area contributed by atoms with Crippen LogP contribution in [0.25, 0.3) is 0 Å². The Bertz CT molecular complexity index is 726. The van der Waals surface area contributed by atoms with Gasteiger partial charge in [0, 0.05) is 5.56 Å². The van der Waals surface area contributed by atoms with Crippen molar-refractivity contribution in [1.82, 2.24) is 5.43 Å². The minimum atomic E-state index is -0.314. The third-order valence-electron chi connectivity index (χ3n) is 3.21. The Morgan fingerprint density at radius 2 is 2.00 bits per heavy atom. The third kappa shape index (κ3) is 3.60. The summed E-state index contributed by atoms with van der Waals surface area (Å²) >= 11 is 0. The maximum atomic E-state index is 12.0. The average Bonchev–Trinajstić information content (AvgIpc) is 3.04. The van der Waals surface area contributed by atoms with Crippen molar-refractivity contribution in [3.05, 3.63) is 53.6 Å². The predicted octanol–water partition coefficient (Wildman–Crippen LogP) is 2.58. The Kier molecular flexibility index (Phi) is 4.42. The van der Waals surface area contributed by atoms with Gasteiger partial charge >= 0.3 is 0 Å². The maximum Gasteiger partial charge on any atom is 0.271 e. The van der Waals surface area contributed by atoms with Crippen molar-refractivity contribution in [2.24, 2.45) is 5.10 Å². The summed E-state index contributed by atoms with van der Waals surface area (Å²) in [5, 5.41) is 3.95. The van der Waals surface area contributed by atoms with E-state index < -0.39 is 0 Å². The van der Waals surface area contributed by atoms with E-state index in [0.29, 0.717) is 23.7 Å². The Morgan fingerprint density at radius 1 is 1.22 bits per heavy atom. The van der Waals surface area contributed by atoms with Gasteiger partial charge in [-0.05, 0) is 55.0 Å². The van der Waals surface area contributed by atoms with E-state index in [-0.39, 0.29) is 12.7 Å². The minimum absolute atomic E-state index is 0.177. The number of hydrazone groups is 1. The van der Waals surface area contributed by atoms with Crippen LogP contribution in [0.2, 0.25) is 0 Å². The van der Waals surface area contributed by atoms with Gasteiger partial charge in [-0.15, -0.1) is 0 Å². The fourth-order valence-electron chi connectivity index (χ4n) is 2.08. The Labute approximate surface area is 133 Å². The van der Waals surface area contributed by atoms with Crippen LogP contribution in [0.5, 0.6) is 17.2 Å². The van der Waals surface area contributed by atoms with Gasteiger partial charge in [0.25, 0.3) is 5.91 Å². The first-order chi connectivity index (χ1) is 11.3. The number of benzene rings is 2. The summed E-state index contributed by atoms with van der Waals surface area (Å²) in [4.78, 5) is 12.0. The number of fused-ring (bicyclic) bond motifs is 1. The number of hydrogen-bond donors (Lipinski definition) is 1. The summed E-state index contributed by atoms with van der Waals surface area (Å²) in [6, 6.07) is 12.4. The average molecular weight is 312 g/mol. The zero-order chi connectivity index (χ0) is 16.1. The molecular weight excluding hydrogens is 296 g/mol. The van der Waals surface area contributed by atoms with Gasteiger partial charge in [-0.25, -0.2) is 5.43 Å². The van der Waals surface area contributed by atoms with Gasteiger partial charge < -0.3 is 14.2 Å². The Morgan fingerprint density at radius 3 is 2.78 bits per heavy atom. The molecule has 1 amide bonds. The number of hydrogen-bond acceptors (Lipinski definition) is 5. The van der Waals surface area contributed by atoms with E-state index in [4.69, 9.17) is 14.2 Å². The second-order valence-electron chi connectivity index (χ2n) is 4.77. The SMILES string of the molecule is CCOc1ccc(/C=N\NC(=O)c2ccc3c(c2)OCO3)cc1. The molecule has 118 valence electrons. The van der Waals surface area contributed by atoms with Gasteiger partial charge in [0.05, 0.1) is 12.8 Å². The lowest BCUT2D eigenvalue weighted by Crippen LogP contribution is -2.17. The molecule has 6 heteroatoms. The first-order valence-electron chi connectivity index (χ1n) is 7.22. The molecule has 1 aliphatic rings. The largest absolute Gasteiger partial charge is 0.494 e. The Balaban J connectivity index is 1.60. The van der Waals surface area contributed by atoms with E-state index >= 15 is 0 Å². The molecular formula is C17H16N2O4. The molecule has 0 saturated carbocycles. The van der Waals surface area contributed by atoms with Crippen LogP contribution >= 0.6 is 0 Å². The highest BCUT2D eigenvalue weighted by Gasteiger charge is 2.15. The van der Waals surface area contributed by atoms with Gasteiger partial charge in [-0.2, -0.15) is 5.10 Å². The van der Waals surface area contributed by atoms with Crippen LogP contribution < -0.4 is 19.6 Å². The molecule has 0 saturated heterocycles. The second-order valence-corrected chi connectivity index (χ2v) is 4.77. The second kappa shape index (κ2) is 6.83. The van der Waals surface area contributed by atoms with Crippen LogP contribution in [0.3, 0.4) is 0 Å². The number of carbonyl (C=O) groups excluding carboxylic acids is 1. The number of ether oxygens (including phenoxy) is 3. The lowest BCUT2D eigenvalue weighted by molar-refractivity contribution is 0.0954. The van der Waals surface area contributed by atoms with E-state index in [9.17, 15) is 4.79 Å². The highest BCUT2D eigenvalue weighted by molar-refractivity contribution is 5.95. The number of nitrogens with one attached hydrogen (secondary N) is 1. The molecule has 1 heterocycles. The van der Waals surface area contributed by atoms with Gasteiger partial charge in [-0.1, -0.05) is 0 Å². The van der Waals surface area contributed by atoms with Crippen molar-refractivity contribution in [3.63, 3.8) is 0 Å². The summed E-state index contributed by atoms with van der Waals surface area (Å²) in [5.41, 5.74) is 3.80. The van der Waals surface area contributed by atoms with Crippen molar-refractivity contribution in [1.29, 1.82) is 0 Å². The highest BCUT2D eigenvalue weighted by Crippen LogP contribution is 2.32. The smallest absolute Gasteiger partial charge is 0.271 e. The first kappa shape index (κ1) is 14.9. The number of amides is 1. The summed E-state index contributed by atoms with van der Waals surface area (Å²) in [5.74, 6) is 1.69. The van der Waals surface area contributed by atoms with Gasteiger partial charge in [-0.3, -0.25) is 4.79 Å². The van der Waals surface area contributed by atoms with Crippen molar-refractivity contribution < 1.29 is 19.0 Å². The highest BCUT2D eigenvalue weighted by atomic mass is 16.7. The molecule has 0 aromatic heterocycles. The summed E-state index contributed by atoms with van der Waals surface area (Å²) in [6.45, 7) is 2.73. The lowest BCUT2D eigenvalue weighted by atomic mass is 10.2. The summed E-state index contributed by atoms with van der Waals surface area (Å²) < 4.78 is 15.8. The zero-order valence-corrected chi connectivity index (χ0v) is 12.6. The van der Waals surface area contributed by atoms with E-state index in [1.165, 1.54) is 0 Å². The first-order valence-corrected chi connectivity index (χ1v) is 7.22. The molecule has 0 atom stereocenters. The summed E-state index contributed by atoms with van der Waals surface area (Å²) in [7, 11) is 0. The molecule has 0 bridgehead atoms. The fraction of sp³-hybridized carbons (Fsp3) is 0.176. The molecule has 0 spiro atoms. The fourth-order valence-corrected chi connectivity index (χ4v) is 2.08. The molecule has 0 radical (unpaired) electrons. The van der Waals surface area contributed by atoms with E-state index in [0.717, 1.165) is 11.3 Å². The number of nitrogens with zero attached hydrogens (tertiary/aromatic N) is 1. The van der Waals surface area contributed by atoms with E-state index in [1.54, 1.807) is 24.4 Å². The van der Waals surface area contributed by atoms with Gasteiger partial charge in [0.1, 0.15) is 5.75 Å². The van der Waals surface area contributed by atoms with Crippen LogP contribution in [0.1, 0.15) is 22.8 Å². The number of carbonyl (C=O) groups is 1. The van der Waals surface area contributed by atoms with Crippen LogP contribution in [-0.2, 0) is 0 Å². The molecule has 23 heavy (non-hydrogen) atoms. The van der Waals surface area contributed by atoms with Crippen molar-refractivity contribution in [3.8, 4) is 17.2 Å². The molecule has 2 aromatic rings. The molecule has 0 aliphatic carbocycles. The van der Waals surface area contributed by atoms with Crippen LogP contribution in [-0.4, -0.2) is 25.5 Å². The quantitative estimate of drug-likeness (QED) is 0.680. The monoisotopic (exact) mass is 312 g/mol. The van der Waals surface area contributed by atoms with E-state index in [1.807, 2.05) is 31.2 Å². The minimum Gasteiger partial charge on any atom is -0.494 e. The zero-order valence-electron chi connectivity index (χ0n) is 12.6. The predicted molar refractivity (Wildman–Crippen MR) is 85.2 cm³/mol.